The predicted octanol–water partition coefficient (Wildman–Crippen LogP) is 13.0. The number of hydrogen-bond donors (Lipinski definition) is 1. The Hall–Kier alpha value is -4.59. The fraction of sp³-hybridized carbons (Fsp3) is 0.339. The Morgan fingerprint density at radius 3 is 1.11 bits per heavy atom. The summed E-state index contributed by atoms with van der Waals surface area (Å²) in [5, 5.41) is 3.78. The number of carbonyl (C=O) groups excluding carboxylic acids is 1. The number of rotatable bonds is 24. The van der Waals surface area contributed by atoms with Crippen LogP contribution in [0.4, 0.5) is 0 Å². The molecule has 0 bridgehead atoms. The molecule has 0 amide bonds. The third-order valence-corrected chi connectivity index (χ3v) is 14.7. The molecule has 0 atom stereocenters. The molecule has 1 N–H and O–H groups in total. The summed E-state index contributed by atoms with van der Waals surface area (Å²) in [4.78, 5) is 14.6. The lowest BCUT2D eigenvalue weighted by atomic mass is 9.84. The lowest BCUT2D eigenvalue weighted by molar-refractivity contribution is -0.143. The minimum atomic E-state index is -0.436. The number of nitrogens with zero attached hydrogens (tertiary/aromatic N) is 1. The van der Waals surface area contributed by atoms with Crippen molar-refractivity contribution >= 4 is 29.5 Å². The molecule has 0 unspecified atom stereocenters. The molecular formula is C56H66N2O2S2. The molecule has 0 aliphatic rings. The van der Waals surface area contributed by atoms with Crippen LogP contribution in [0.2, 0.25) is 0 Å². The van der Waals surface area contributed by atoms with Crippen LogP contribution < -0.4 is 5.32 Å². The molecule has 6 rings (SSSR count). The molecule has 0 saturated heterocycles. The number of unbranched alkanes of at least 4 members (excludes halogenated alkanes) is 2. The summed E-state index contributed by atoms with van der Waals surface area (Å²) in [6, 6.07) is 66.4. The van der Waals surface area contributed by atoms with E-state index in [0.717, 1.165) is 52.0 Å². The smallest absolute Gasteiger partial charge is 0.305 e. The van der Waals surface area contributed by atoms with Crippen LogP contribution in [0, 0.1) is 0 Å². The Morgan fingerprint density at radius 1 is 0.484 bits per heavy atom. The van der Waals surface area contributed by atoms with Gasteiger partial charge in [0.2, 0.25) is 0 Å². The number of thioether (sulfide) groups is 2. The minimum Gasteiger partial charge on any atom is -0.466 e. The summed E-state index contributed by atoms with van der Waals surface area (Å²) in [5.41, 5.74) is 7.67. The Balaban J connectivity index is 1.33. The number of esters is 1. The van der Waals surface area contributed by atoms with Crippen LogP contribution in [0.1, 0.15) is 93.7 Å². The number of ether oxygens (including phenoxy) is 1. The topological polar surface area (TPSA) is 41.6 Å². The fourth-order valence-corrected chi connectivity index (χ4v) is 12.5. The molecule has 0 radical (unpaired) electrons. The lowest BCUT2D eigenvalue weighted by Crippen LogP contribution is -2.48. The van der Waals surface area contributed by atoms with Gasteiger partial charge in [0.15, 0.2) is 0 Å². The van der Waals surface area contributed by atoms with Crippen molar-refractivity contribution in [1.82, 2.24) is 10.2 Å². The van der Waals surface area contributed by atoms with Crippen LogP contribution in [-0.2, 0) is 19.0 Å². The summed E-state index contributed by atoms with van der Waals surface area (Å²) < 4.78 is 3.89. The largest absolute Gasteiger partial charge is 0.466 e. The van der Waals surface area contributed by atoms with Gasteiger partial charge < -0.3 is 10.1 Å². The maximum Gasteiger partial charge on any atom is 0.305 e. The van der Waals surface area contributed by atoms with Crippen molar-refractivity contribution < 1.29 is 9.53 Å². The first-order valence-electron chi connectivity index (χ1n) is 22.4. The SMILES string of the molecule is CCOC(=O)CCCCCNCCN(CC(C)(C)SC(c1ccccc1)(c1ccccc1)c1ccccc1)CC(C)(C)SC(c1ccccc1)(c1ccccc1)c1ccccc1. The van der Waals surface area contributed by atoms with E-state index in [0.29, 0.717) is 13.0 Å². The Kier molecular flexibility index (Phi) is 17.1. The molecule has 4 nitrogen and oxygen atoms in total. The van der Waals surface area contributed by atoms with Gasteiger partial charge in [0.25, 0.3) is 0 Å². The Labute approximate surface area is 381 Å². The average Bonchev–Trinajstić information content (AvgIpc) is 3.30. The highest BCUT2D eigenvalue weighted by molar-refractivity contribution is 8.02. The van der Waals surface area contributed by atoms with Crippen LogP contribution in [0.3, 0.4) is 0 Å². The summed E-state index contributed by atoms with van der Waals surface area (Å²) in [6.45, 7) is 16.5. The predicted molar refractivity (Wildman–Crippen MR) is 266 cm³/mol. The summed E-state index contributed by atoms with van der Waals surface area (Å²) >= 11 is 4.13. The third kappa shape index (κ3) is 12.3. The molecule has 0 aliphatic heterocycles. The highest BCUT2D eigenvalue weighted by Crippen LogP contribution is 2.55. The second kappa shape index (κ2) is 22.7. The molecule has 0 fully saturated rings. The van der Waals surface area contributed by atoms with Crippen LogP contribution in [0.25, 0.3) is 0 Å². The third-order valence-electron chi connectivity index (χ3n) is 11.3. The first-order valence-corrected chi connectivity index (χ1v) is 24.0. The molecule has 324 valence electrons. The normalized spacial score (nSPS) is 12.4. The van der Waals surface area contributed by atoms with Gasteiger partial charge in [0, 0.05) is 42.1 Å². The van der Waals surface area contributed by atoms with Crippen LogP contribution in [0.5, 0.6) is 0 Å². The van der Waals surface area contributed by atoms with Crippen LogP contribution in [-0.4, -0.2) is 59.7 Å². The Bertz CT molecular complexity index is 1850. The van der Waals surface area contributed by atoms with Gasteiger partial charge in [0.05, 0.1) is 16.1 Å². The zero-order chi connectivity index (χ0) is 43.7. The van der Waals surface area contributed by atoms with Gasteiger partial charge in [-0.3, -0.25) is 9.69 Å². The second-order valence-corrected chi connectivity index (χ2v) is 21.2. The Morgan fingerprint density at radius 2 is 0.806 bits per heavy atom. The molecular weight excluding hydrogens is 797 g/mol. The molecule has 0 aliphatic carbocycles. The number of nitrogens with one attached hydrogen (secondary N) is 1. The van der Waals surface area contributed by atoms with Crippen molar-refractivity contribution in [3.63, 3.8) is 0 Å². The van der Waals surface area contributed by atoms with E-state index in [1.165, 1.54) is 33.4 Å². The first-order chi connectivity index (χ1) is 30.1. The number of benzene rings is 6. The van der Waals surface area contributed by atoms with E-state index in [2.05, 4.69) is 243 Å². The monoisotopic (exact) mass is 862 g/mol. The van der Waals surface area contributed by atoms with Crippen molar-refractivity contribution in [3.8, 4) is 0 Å². The van der Waals surface area contributed by atoms with Gasteiger partial charge in [-0.15, -0.1) is 23.5 Å². The van der Waals surface area contributed by atoms with Gasteiger partial charge in [-0.1, -0.05) is 188 Å². The standard InChI is InChI=1S/C56H66N2O2S2/c1-6-60-52(59)40-26-13-27-41-57-42-43-58(44-53(2,3)61-55(46-28-14-7-15-29-46,47-30-16-8-17-31-47)48-32-18-9-19-33-48)45-54(4,5)62-56(49-34-20-10-21-35-49,50-36-22-11-23-37-50)51-38-24-12-25-39-51/h7-12,14-25,28-39,57H,6,13,26-27,40-45H2,1-5H3. The molecule has 0 heterocycles. The first kappa shape index (κ1) is 46.9. The maximum absolute atomic E-state index is 11.9. The van der Waals surface area contributed by atoms with E-state index in [9.17, 15) is 4.79 Å². The summed E-state index contributed by atoms with van der Waals surface area (Å²) in [6.07, 6.45) is 3.39. The van der Waals surface area contributed by atoms with Gasteiger partial charge in [-0.05, 0) is 87.4 Å². The van der Waals surface area contributed by atoms with Gasteiger partial charge in [-0.2, -0.15) is 0 Å². The van der Waals surface area contributed by atoms with E-state index >= 15 is 0 Å². The van der Waals surface area contributed by atoms with E-state index in [1.54, 1.807) is 0 Å². The molecule has 6 aromatic rings. The van der Waals surface area contributed by atoms with Gasteiger partial charge >= 0.3 is 5.97 Å². The van der Waals surface area contributed by atoms with Crippen molar-refractivity contribution in [1.29, 1.82) is 0 Å². The molecule has 0 aromatic heterocycles. The number of carbonyl (C=O) groups is 1. The highest BCUT2D eigenvalue weighted by atomic mass is 32.2. The highest BCUT2D eigenvalue weighted by Gasteiger charge is 2.45. The molecule has 62 heavy (non-hydrogen) atoms. The van der Waals surface area contributed by atoms with E-state index in [-0.39, 0.29) is 15.5 Å². The van der Waals surface area contributed by atoms with E-state index in [4.69, 9.17) is 4.74 Å². The van der Waals surface area contributed by atoms with Crippen LogP contribution >= 0.6 is 23.5 Å². The zero-order valence-electron chi connectivity index (χ0n) is 37.5. The van der Waals surface area contributed by atoms with Crippen molar-refractivity contribution in [2.45, 2.75) is 79.3 Å². The van der Waals surface area contributed by atoms with Gasteiger partial charge in [-0.25, -0.2) is 0 Å². The fourth-order valence-electron chi connectivity index (χ4n) is 8.87. The van der Waals surface area contributed by atoms with Crippen molar-refractivity contribution in [2.75, 3.05) is 39.3 Å². The second-order valence-electron chi connectivity index (χ2n) is 17.4. The average molecular weight is 863 g/mol. The quantitative estimate of drug-likeness (QED) is 0.0371. The van der Waals surface area contributed by atoms with Crippen molar-refractivity contribution in [3.05, 3.63) is 215 Å². The maximum atomic E-state index is 11.9. The molecule has 6 heteroatoms. The molecule has 0 saturated carbocycles. The molecule has 0 spiro atoms. The van der Waals surface area contributed by atoms with Gasteiger partial charge in [0.1, 0.15) is 0 Å². The van der Waals surface area contributed by atoms with E-state index < -0.39 is 9.49 Å². The number of hydrogen-bond acceptors (Lipinski definition) is 6. The lowest BCUT2D eigenvalue weighted by Gasteiger charge is -2.46. The van der Waals surface area contributed by atoms with E-state index in [1.807, 2.05) is 6.92 Å². The minimum absolute atomic E-state index is 0.0938. The summed E-state index contributed by atoms with van der Waals surface area (Å²) in [7, 11) is 0. The molecule has 6 aromatic carbocycles. The van der Waals surface area contributed by atoms with Crippen molar-refractivity contribution in [2.24, 2.45) is 0 Å². The summed E-state index contributed by atoms with van der Waals surface area (Å²) in [5.74, 6) is -0.0938. The zero-order valence-corrected chi connectivity index (χ0v) is 39.1. The van der Waals surface area contributed by atoms with Crippen LogP contribution in [0.15, 0.2) is 182 Å².